The SMILES string of the molecule is C[C@@H](OC(=O)N1c2cc(F)ccc2C(N(C(=O)CCC(=O)O)C2CC2)C2CCCC21)c1ccc(F)cc1. The Bertz CT molecular complexity index is 1200. The molecule has 3 aliphatic rings. The molecule has 2 amide bonds. The fourth-order valence-electron chi connectivity index (χ4n) is 5.92. The van der Waals surface area contributed by atoms with Crippen LogP contribution in [0.15, 0.2) is 42.5 Å². The molecule has 0 bridgehead atoms. The van der Waals surface area contributed by atoms with E-state index in [0.29, 0.717) is 23.2 Å². The lowest BCUT2D eigenvalue weighted by molar-refractivity contribution is -0.142. The van der Waals surface area contributed by atoms with Gasteiger partial charge < -0.3 is 14.7 Å². The van der Waals surface area contributed by atoms with E-state index in [1.165, 1.54) is 29.2 Å². The molecule has 1 aliphatic heterocycles. The Morgan fingerprint density at radius 2 is 1.73 bits per heavy atom. The lowest BCUT2D eigenvalue weighted by Gasteiger charge is -2.47. The van der Waals surface area contributed by atoms with Gasteiger partial charge in [-0.3, -0.25) is 14.5 Å². The number of rotatable bonds is 7. The van der Waals surface area contributed by atoms with E-state index < -0.39 is 24.0 Å². The van der Waals surface area contributed by atoms with Gasteiger partial charge in [0.25, 0.3) is 0 Å². The molecule has 0 radical (unpaired) electrons. The second kappa shape index (κ2) is 10.1. The number of fused-ring (bicyclic) bond motifs is 2. The van der Waals surface area contributed by atoms with Crippen molar-refractivity contribution < 1.29 is 33.0 Å². The number of benzene rings is 2. The number of halogens is 2. The minimum atomic E-state index is -1.03. The Labute approximate surface area is 214 Å². The Balaban J connectivity index is 1.49. The molecule has 3 unspecified atom stereocenters. The van der Waals surface area contributed by atoms with Gasteiger partial charge in [-0.2, -0.15) is 0 Å². The molecule has 7 nitrogen and oxygen atoms in total. The second-order valence-corrected chi connectivity index (χ2v) is 10.2. The Kier molecular flexibility index (Phi) is 6.88. The van der Waals surface area contributed by atoms with Crippen LogP contribution in [-0.2, 0) is 14.3 Å². The van der Waals surface area contributed by atoms with Gasteiger partial charge >= 0.3 is 12.1 Å². The summed E-state index contributed by atoms with van der Waals surface area (Å²) in [6.07, 6.45) is 2.35. The summed E-state index contributed by atoms with van der Waals surface area (Å²) in [4.78, 5) is 41.3. The quantitative estimate of drug-likeness (QED) is 0.511. The van der Waals surface area contributed by atoms with Gasteiger partial charge in [-0.05, 0) is 68.0 Å². The molecule has 0 spiro atoms. The van der Waals surface area contributed by atoms with Crippen molar-refractivity contribution in [2.45, 2.75) is 76.1 Å². The van der Waals surface area contributed by atoms with Gasteiger partial charge in [-0.1, -0.05) is 24.6 Å². The molecule has 1 N–H and O–H groups in total. The number of ether oxygens (including phenoxy) is 1. The van der Waals surface area contributed by atoms with Gasteiger partial charge in [0, 0.05) is 24.4 Å². The van der Waals surface area contributed by atoms with Crippen LogP contribution in [0.1, 0.15) is 75.1 Å². The zero-order valence-corrected chi connectivity index (χ0v) is 20.6. The maximum absolute atomic E-state index is 14.5. The number of hydrogen-bond acceptors (Lipinski definition) is 4. The number of carboxylic acid groups (broad SMARTS) is 1. The lowest BCUT2D eigenvalue weighted by Crippen LogP contribution is -2.53. The van der Waals surface area contributed by atoms with Crippen LogP contribution in [0.4, 0.5) is 19.3 Å². The molecular weight excluding hydrogens is 482 g/mol. The Morgan fingerprint density at radius 1 is 1.03 bits per heavy atom. The molecule has 2 aliphatic carbocycles. The molecule has 1 heterocycles. The van der Waals surface area contributed by atoms with Gasteiger partial charge in [0.15, 0.2) is 0 Å². The monoisotopic (exact) mass is 512 g/mol. The van der Waals surface area contributed by atoms with E-state index in [0.717, 1.165) is 25.7 Å². The first-order chi connectivity index (χ1) is 17.7. The summed E-state index contributed by atoms with van der Waals surface area (Å²) in [7, 11) is 0. The van der Waals surface area contributed by atoms with Crippen molar-refractivity contribution >= 4 is 23.7 Å². The second-order valence-electron chi connectivity index (χ2n) is 10.2. The minimum Gasteiger partial charge on any atom is -0.481 e. The molecule has 2 saturated carbocycles. The van der Waals surface area contributed by atoms with Crippen molar-refractivity contribution in [1.82, 2.24) is 4.90 Å². The Morgan fingerprint density at radius 3 is 2.41 bits per heavy atom. The molecule has 37 heavy (non-hydrogen) atoms. The summed E-state index contributed by atoms with van der Waals surface area (Å²) in [6, 6.07) is 9.36. The van der Waals surface area contributed by atoms with E-state index in [9.17, 15) is 23.2 Å². The topological polar surface area (TPSA) is 87.2 Å². The highest BCUT2D eigenvalue weighted by atomic mass is 19.1. The fourth-order valence-corrected chi connectivity index (χ4v) is 5.92. The largest absolute Gasteiger partial charge is 0.481 e. The van der Waals surface area contributed by atoms with E-state index >= 15 is 0 Å². The van der Waals surface area contributed by atoms with Gasteiger partial charge in [0.05, 0.1) is 18.2 Å². The standard InChI is InChI=1S/C28H30F2N2O5/c1-16(17-5-7-18(29)8-6-17)37-28(36)32-23-4-2-3-21(23)27(22-12-9-19(30)15-24(22)32)31(20-10-11-20)25(33)13-14-26(34)35/h5-9,12,15-16,20-21,23,27H,2-4,10-11,13-14H2,1H3,(H,34,35)/t16-,21?,23?,27?/m1/s1. The van der Waals surface area contributed by atoms with E-state index in [1.807, 2.05) is 4.90 Å². The summed E-state index contributed by atoms with van der Waals surface area (Å²) < 4.78 is 33.7. The fraction of sp³-hybridized carbons (Fsp3) is 0.464. The Hall–Kier alpha value is -3.49. The summed E-state index contributed by atoms with van der Waals surface area (Å²) in [6.45, 7) is 1.70. The third-order valence-corrected chi connectivity index (χ3v) is 7.73. The van der Waals surface area contributed by atoms with E-state index in [1.54, 1.807) is 25.1 Å². The van der Waals surface area contributed by atoms with Crippen LogP contribution in [0.5, 0.6) is 0 Å². The van der Waals surface area contributed by atoms with Gasteiger partial charge in [-0.15, -0.1) is 0 Å². The molecule has 4 atom stereocenters. The molecule has 2 aromatic carbocycles. The first-order valence-corrected chi connectivity index (χ1v) is 12.8. The van der Waals surface area contributed by atoms with Gasteiger partial charge in [0.1, 0.15) is 17.7 Å². The van der Waals surface area contributed by atoms with Crippen molar-refractivity contribution in [3.63, 3.8) is 0 Å². The van der Waals surface area contributed by atoms with Crippen LogP contribution in [0.2, 0.25) is 0 Å². The first-order valence-electron chi connectivity index (χ1n) is 12.8. The van der Waals surface area contributed by atoms with E-state index in [4.69, 9.17) is 9.84 Å². The number of aliphatic carboxylic acids is 1. The van der Waals surface area contributed by atoms with Crippen LogP contribution in [0.3, 0.4) is 0 Å². The number of amides is 2. The number of anilines is 1. The third kappa shape index (κ3) is 5.04. The number of hydrogen-bond donors (Lipinski definition) is 1. The van der Waals surface area contributed by atoms with E-state index in [-0.39, 0.29) is 48.6 Å². The molecular formula is C28H30F2N2O5. The highest BCUT2D eigenvalue weighted by Gasteiger charge is 2.52. The van der Waals surface area contributed by atoms with Crippen LogP contribution in [0.25, 0.3) is 0 Å². The molecule has 5 rings (SSSR count). The van der Waals surface area contributed by atoms with Gasteiger partial charge in [-0.25, -0.2) is 13.6 Å². The van der Waals surface area contributed by atoms with Crippen molar-refractivity contribution in [2.75, 3.05) is 4.90 Å². The number of carbonyl (C=O) groups excluding carboxylic acids is 2. The molecule has 0 saturated heterocycles. The normalized spacial score (nSPS) is 23.1. The number of nitrogens with zero attached hydrogens (tertiary/aromatic N) is 2. The zero-order valence-electron chi connectivity index (χ0n) is 20.6. The molecule has 9 heteroatoms. The van der Waals surface area contributed by atoms with Crippen molar-refractivity contribution in [2.24, 2.45) is 5.92 Å². The van der Waals surface area contributed by atoms with Gasteiger partial charge in [0.2, 0.25) is 5.91 Å². The maximum Gasteiger partial charge on any atom is 0.415 e. The van der Waals surface area contributed by atoms with Crippen molar-refractivity contribution in [1.29, 1.82) is 0 Å². The van der Waals surface area contributed by atoms with Crippen LogP contribution in [-0.4, -0.2) is 40.1 Å². The maximum atomic E-state index is 14.5. The molecule has 196 valence electrons. The molecule has 2 aromatic rings. The average Bonchev–Trinajstić information content (AvgIpc) is 3.58. The molecule has 0 aromatic heterocycles. The minimum absolute atomic E-state index is 0.0162. The predicted molar refractivity (Wildman–Crippen MR) is 131 cm³/mol. The highest BCUT2D eigenvalue weighted by Crippen LogP contribution is 2.53. The summed E-state index contributed by atoms with van der Waals surface area (Å²) in [5, 5.41) is 9.12. The molecule has 2 fully saturated rings. The summed E-state index contributed by atoms with van der Waals surface area (Å²) in [5.74, 6) is -2.23. The van der Waals surface area contributed by atoms with Crippen molar-refractivity contribution in [3.8, 4) is 0 Å². The summed E-state index contributed by atoms with van der Waals surface area (Å²) in [5.41, 5.74) is 1.68. The zero-order chi connectivity index (χ0) is 26.3. The highest BCUT2D eigenvalue weighted by molar-refractivity contribution is 5.91. The van der Waals surface area contributed by atoms with E-state index in [2.05, 4.69) is 0 Å². The van der Waals surface area contributed by atoms with Crippen LogP contribution in [0, 0.1) is 17.6 Å². The number of carboxylic acids is 1. The average molecular weight is 513 g/mol. The van der Waals surface area contributed by atoms with Crippen LogP contribution < -0.4 is 4.90 Å². The van der Waals surface area contributed by atoms with Crippen molar-refractivity contribution in [3.05, 3.63) is 65.2 Å². The summed E-state index contributed by atoms with van der Waals surface area (Å²) >= 11 is 0. The van der Waals surface area contributed by atoms with Crippen LogP contribution >= 0.6 is 0 Å². The predicted octanol–water partition coefficient (Wildman–Crippen LogP) is 5.75. The third-order valence-electron chi connectivity index (χ3n) is 7.73. The lowest BCUT2D eigenvalue weighted by atomic mass is 9.81. The number of carbonyl (C=O) groups is 3. The first kappa shape index (κ1) is 25.2. The smallest absolute Gasteiger partial charge is 0.415 e.